The number of aromatic nitrogens is 2. The van der Waals surface area contributed by atoms with Crippen molar-refractivity contribution in [2.24, 2.45) is 0 Å². The molecule has 0 radical (unpaired) electrons. The standard InChI is InChI=1S/C18H20FN3O3/c1-25-13-6-7-14(15(19)10-13)16-8-9-18(24)22(21-16)11-17(23)20-12-4-2-3-5-12/h6-10,12H,2-5,11H2,1H3,(H,20,23). The van der Waals surface area contributed by atoms with E-state index in [2.05, 4.69) is 10.4 Å². The van der Waals surface area contributed by atoms with Crippen molar-refractivity contribution in [2.45, 2.75) is 38.3 Å². The van der Waals surface area contributed by atoms with Crippen LogP contribution in [0.25, 0.3) is 11.3 Å². The van der Waals surface area contributed by atoms with Gasteiger partial charge in [-0.05, 0) is 31.0 Å². The molecule has 132 valence electrons. The number of ether oxygens (including phenoxy) is 1. The highest BCUT2D eigenvalue weighted by Gasteiger charge is 2.18. The highest BCUT2D eigenvalue weighted by atomic mass is 19.1. The number of halogens is 1. The maximum Gasteiger partial charge on any atom is 0.267 e. The van der Waals surface area contributed by atoms with Gasteiger partial charge in [-0.25, -0.2) is 9.07 Å². The fourth-order valence-electron chi connectivity index (χ4n) is 3.02. The highest BCUT2D eigenvalue weighted by Crippen LogP contribution is 2.24. The van der Waals surface area contributed by atoms with E-state index in [1.165, 1.54) is 31.4 Å². The fraction of sp³-hybridized carbons (Fsp3) is 0.389. The molecule has 1 amide bonds. The van der Waals surface area contributed by atoms with Crippen LogP contribution in [0.15, 0.2) is 35.1 Å². The molecule has 6 nitrogen and oxygen atoms in total. The summed E-state index contributed by atoms with van der Waals surface area (Å²) in [5.41, 5.74) is 0.124. The molecule has 25 heavy (non-hydrogen) atoms. The van der Waals surface area contributed by atoms with Crippen LogP contribution in [0, 0.1) is 5.82 Å². The van der Waals surface area contributed by atoms with Gasteiger partial charge < -0.3 is 10.1 Å². The Morgan fingerprint density at radius 1 is 1.32 bits per heavy atom. The molecule has 7 heteroatoms. The maximum absolute atomic E-state index is 14.2. The van der Waals surface area contributed by atoms with Crippen LogP contribution in [0.1, 0.15) is 25.7 Å². The fourth-order valence-corrected chi connectivity index (χ4v) is 3.02. The van der Waals surface area contributed by atoms with Gasteiger partial charge in [-0.3, -0.25) is 9.59 Å². The number of nitrogens with zero attached hydrogens (tertiary/aromatic N) is 2. The summed E-state index contributed by atoms with van der Waals surface area (Å²) in [7, 11) is 1.45. The van der Waals surface area contributed by atoms with Gasteiger partial charge >= 0.3 is 0 Å². The number of amides is 1. The number of methoxy groups -OCH3 is 1. The van der Waals surface area contributed by atoms with Gasteiger partial charge in [-0.2, -0.15) is 5.10 Å². The van der Waals surface area contributed by atoms with Crippen LogP contribution >= 0.6 is 0 Å². The van der Waals surface area contributed by atoms with E-state index in [0.717, 1.165) is 30.4 Å². The first kappa shape index (κ1) is 17.1. The van der Waals surface area contributed by atoms with Crippen LogP contribution in [0.3, 0.4) is 0 Å². The van der Waals surface area contributed by atoms with Crippen LogP contribution in [-0.2, 0) is 11.3 Å². The van der Waals surface area contributed by atoms with Gasteiger partial charge in [0.2, 0.25) is 5.91 Å². The molecule has 3 rings (SSSR count). The Balaban J connectivity index is 1.80. The molecule has 0 unspecified atom stereocenters. The van der Waals surface area contributed by atoms with E-state index in [0.29, 0.717) is 5.75 Å². The van der Waals surface area contributed by atoms with Crippen LogP contribution in [0.5, 0.6) is 5.75 Å². The minimum absolute atomic E-state index is 0.172. The zero-order valence-electron chi connectivity index (χ0n) is 14.0. The molecule has 1 fully saturated rings. The second-order valence-electron chi connectivity index (χ2n) is 6.11. The second-order valence-corrected chi connectivity index (χ2v) is 6.11. The quantitative estimate of drug-likeness (QED) is 0.901. The second kappa shape index (κ2) is 7.46. The number of benzene rings is 1. The summed E-state index contributed by atoms with van der Waals surface area (Å²) >= 11 is 0. The van der Waals surface area contributed by atoms with Gasteiger partial charge in [0.25, 0.3) is 5.56 Å². The number of nitrogens with one attached hydrogen (secondary N) is 1. The van der Waals surface area contributed by atoms with Crippen molar-refractivity contribution in [1.82, 2.24) is 15.1 Å². The summed E-state index contributed by atoms with van der Waals surface area (Å²) in [6.07, 6.45) is 4.14. The number of rotatable bonds is 5. The molecule has 1 aromatic heterocycles. The molecule has 1 aliphatic carbocycles. The summed E-state index contributed by atoms with van der Waals surface area (Å²) in [6.45, 7) is -0.180. The summed E-state index contributed by atoms with van der Waals surface area (Å²) < 4.78 is 20.2. The van der Waals surface area contributed by atoms with Crippen molar-refractivity contribution in [1.29, 1.82) is 0 Å². The molecule has 1 saturated carbocycles. The summed E-state index contributed by atoms with van der Waals surface area (Å²) in [5.74, 6) is -0.369. The molecule has 1 aromatic carbocycles. The Bertz CT molecular complexity index is 829. The molecular formula is C18H20FN3O3. The Labute approximate surface area is 144 Å². The highest BCUT2D eigenvalue weighted by molar-refractivity contribution is 5.76. The van der Waals surface area contributed by atoms with Crippen molar-refractivity contribution in [3.05, 3.63) is 46.5 Å². The lowest BCUT2D eigenvalue weighted by molar-refractivity contribution is -0.122. The molecule has 0 aliphatic heterocycles. The smallest absolute Gasteiger partial charge is 0.267 e. The van der Waals surface area contributed by atoms with E-state index in [1.54, 1.807) is 6.07 Å². The molecular weight excluding hydrogens is 325 g/mol. The molecule has 1 aliphatic rings. The third-order valence-electron chi connectivity index (χ3n) is 4.33. The minimum Gasteiger partial charge on any atom is -0.497 e. The van der Waals surface area contributed by atoms with Gasteiger partial charge in [-0.15, -0.1) is 0 Å². The van der Waals surface area contributed by atoms with Crippen molar-refractivity contribution < 1.29 is 13.9 Å². The lowest BCUT2D eigenvalue weighted by atomic mass is 10.1. The number of carbonyl (C=O) groups excluding carboxylic acids is 1. The average molecular weight is 345 g/mol. The third-order valence-corrected chi connectivity index (χ3v) is 4.33. The van der Waals surface area contributed by atoms with E-state index in [1.807, 2.05) is 0 Å². The lowest BCUT2D eigenvalue weighted by Gasteiger charge is -2.13. The molecule has 1 heterocycles. The third kappa shape index (κ3) is 4.04. The first-order valence-corrected chi connectivity index (χ1v) is 8.28. The Hall–Kier alpha value is -2.70. The van der Waals surface area contributed by atoms with Crippen LogP contribution < -0.4 is 15.6 Å². The largest absolute Gasteiger partial charge is 0.497 e. The van der Waals surface area contributed by atoms with E-state index >= 15 is 0 Å². The van der Waals surface area contributed by atoms with Crippen LogP contribution in [0.2, 0.25) is 0 Å². The van der Waals surface area contributed by atoms with Crippen LogP contribution in [0.4, 0.5) is 4.39 Å². The van der Waals surface area contributed by atoms with E-state index in [-0.39, 0.29) is 29.8 Å². The zero-order valence-corrected chi connectivity index (χ0v) is 14.0. The monoisotopic (exact) mass is 345 g/mol. The summed E-state index contributed by atoms with van der Waals surface area (Å²) in [5, 5.41) is 7.05. The van der Waals surface area contributed by atoms with Gasteiger partial charge in [0.15, 0.2) is 0 Å². The molecule has 0 atom stereocenters. The summed E-state index contributed by atoms with van der Waals surface area (Å²) in [4.78, 5) is 24.1. The summed E-state index contributed by atoms with van der Waals surface area (Å²) in [6, 6.07) is 7.30. The molecule has 0 saturated heterocycles. The predicted octanol–water partition coefficient (Wildman–Crippen LogP) is 2.12. The minimum atomic E-state index is -0.507. The van der Waals surface area contributed by atoms with E-state index in [9.17, 15) is 14.0 Å². The maximum atomic E-state index is 14.2. The molecule has 1 N–H and O–H groups in total. The van der Waals surface area contributed by atoms with Crippen molar-refractivity contribution in [3.63, 3.8) is 0 Å². The number of carbonyl (C=O) groups is 1. The molecule has 0 spiro atoms. The van der Waals surface area contributed by atoms with Gasteiger partial charge in [-0.1, -0.05) is 12.8 Å². The number of hydrogen-bond donors (Lipinski definition) is 1. The SMILES string of the molecule is COc1ccc(-c2ccc(=O)n(CC(=O)NC3CCCC3)n2)c(F)c1. The van der Waals surface area contributed by atoms with Crippen molar-refractivity contribution in [3.8, 4) is 17.0 Å². The Morgan fingerprint density at radius 3 is 2.76 bits per heavy atom. The Morgan fingerprint density at radius 2 is 2.08 bits per heavy atom. The topological polar surface area (TPSA) is 73.2 Å². The first-order chi connectivity index (χ1) is 12.1. The van der Waals surface area contributed by atoms with E-state index in [4.69, 9.17) is 4.74 Å². The predicted molar refractivity (Wildman–Crippen MR) is 90.8 cm³/mol. The zero-order chi connectivity index (χ0) is 17.8. The first-order valence-electron chi connectivity index (χ1n) is 8.28. The number of hydrogen-bond acceptors (Lipinski definition) is 4. The van der Waals surface area contributed by atoms with Gasteiger partial charge in [0.1, 0.15) is 18.1 Å². The molecule has 2 aromatic rings. The van der Waals surface area contributed by atoms with Crippen LogP contribution in [-0.4, -0.2) is 28.8 Å². The van der Waals surface area contributed by atoms with Crippen molar-refractivity contribution >= 4 is 5.91 Å². The van der Waals surface area contributed by atoms with Gasteiger partial charge in [0.05, 0.1) is 12.8 Å². The van der Waals surface area contributed by atoms with Gasteiger partial charge in [0, 0.05) is 23.7 Å². The lowest BCUT2D eigenvalue weighted by Crippen LogP contribution is -2.38. The average Bonchev–Trinajstić information content (AvgIpc) is 3.09. The van der Waals surface area contributed by atoms with Crippen molar-refractivity contribution in [2.75, 3.05) is 7.11 Å². The Kier molecular flexibility index (Phi) is 5.11. The van der Waals surface area contributed by atoms with E-state index < -0.39 is 11.4 Å². The molecule has 0 bridgehead atoms. The normalized spacial score (nSPS) is 14.5.